The first-order valence-electron chi connectivity index (χ1n) is 19.3. The summed E-state index contributed by atoms with van der Waals surface area (Å²) in [5.41, 5.74) is 13.7. The number of benzene rings is 8. The standard InChI is InChI=1S/C55H39N/c1-3-43-44-23-11-12-24-45(44)46-25-13-14-26-47(46)50-28-16-18-30-54(50)56(53(43)4-2)42-34-31-38(32-35-42)39-33-36-49-48-27-15-17-29-51(48)55(52(49)37-39,40-19-7-5-8-20-40)41-21-9-6-10-22-41/h3-37H,1-2H2. The Labute approximate surface area is 328 Å². The summed E-state index contributed by atoms with van der Waals surface area (Å²) in [6, 6.07) is 73.0. The van der Waals surface area contributed by atoms with E-state index in [1.165, 1.54) is 55.1 Å². The predicted octanol–water partition coefficient (Wildman–Crippen LogP) is 14.4. The fourth-order valence-corrected chi connectivity index (χ4v) is 9.31. The van der Waals surface area contributed by atoms with Crippen LogP contribution in [0.3, 0.4) is 0 Å². The van der Waals surface area contributed by atoms with Crippen molar-refractivity contribution in [1.29, 1.82) is 0 Å². The van der Waals surface area contributed by atoms with E-state index in [0.29, 0.717) is 0 Å². The van der Waals surface area contributed by atoms with Gasteiger partial charge < -0.3 is 4.57 Å². The normalized spacial score (nSPS) is 12.6. The largest absolute Gasteiger partial charge is 0.309 e. The van der Waals surface area contributed by atoms with Gasteiger partial charge in [-0.05, 0) is 96.4 Å². The van der Waals surface area contributed by atoms with Gasteiger partial charge in [0.05, 0.1) is 16.6 Å². The number of nitrogens with zero attached hydrogens (tertiary/aromatic N) is 1. The molecule has 264 valence electrons. The third kappa shape index (κ3) is 5.02. The SMILES string of the molecule is C=Cc1c(C=C)n(-c2ccc(-c3ccc4c(c3)C(c3ccccc3)(c3ccccc3)c3ccccc3-4)cc2)c2ccccc2c2ccccc2c2ccccc12. The highest BCUT2D eigenvalue weighted by Gasteiger charge is 2.46. The maximum atomic E-state index is 4.39. The summed E-state index contributed by atoms with van der Waals surface area (Å²) >= 11 is 0. The average Bonchev–Trinajstić information content (AvgIpc) is 3.59. The molecule has 1 nitrogen and oxygen atoms in total. The minimum Gasteiger partial charge on any atom is -0.309 e. The van der Waals surface area contributed by atoms with Crippen molar-refractivity contribution in [3.63, 3.8) is 0 Å². The highest BCUT2D eigenvalue weighted by Crippen LogP contribution is 2.56. The number of hydrogen-bond donors (Lipinski definition) is 0. The smallest absolute Gasteiger partial charge is 0.0713 e. The second-order valence-corrected chi connectivity index (χ2v) is 14.5. The Morgan fingerprint density at radius 2 is 0.893 bits per heavy atom. The van der Waals surface area contributed by atoms with E-state index in [-0.39, 0.29) is 0 Å². The molecule has 0 bridgehead atoms. The van der Waals surface area contributed by atoms with Crippen molar-refractivity contribution in [2.75, 3.05) is 0 Å². The zero-order valence-corrected chi connectivity index (χ0v) is 31.1. The van der Waals surface area contributed by atoms with Crippen molar-refractivity contribution in [2.24, 2.45) is 0 Å². The summed E-state index contributed by atoms with van der Waals surface area (Å²) in [7, 11) is 0. The van der Waals surface area contributed by atoms with E-state index in [4.69, 9.17) is 0 Å². The molecule has 56 heavy (non-hydrogen) atoms. The van der Waals surface area contributed by atoms with Crippen LogP contribution in [0.25, 0.3) is 72.5 Å². The molecule has 0 radical (unpaired) electrons. The van der Waals surface area contributed by atoms with Gasteiger partial charge in [0.25, 0.3) is 0 Å². The van der Waals surface area contributed by atoms with Crippen LogP contribution in [-0.4, -0.2) is 4.57 Å². The van der Waals surface area contributed by atoms with Crippen LogP contribution in [0.5, 0.6) is 0 Å². The zero-order valence-electron chi connectivity index (χ0n) is 31.1. The van der Waals surface area contributed by atoms with E-state index in [9.17, 15) is 0 Å². The molecule has 8 aromatic carbocycles. The molecule has 9 aromatic rings. The van der Waals surface area contributed by atoms with Gasteiger partial charge in [-0.25, -0.2) is 0 Å². The van der Waals surface area contributed by atoms with Gasteiger partial charge in [-0.3, -0.25) is 0 Å². The Bertz CT molecular complexity index is 3000. The minimum absolute atomic E-state index is 0.450. The third-order valence-electron chi connectivity index (χ3n) is 11.7. The molecule has 0 saturated heterocycles. The molecule has 1 aliphatic carbocycles. The first kappa shape index (κ1) is 33.4. The lowest BCUT2D eigenvalue weighted by Crippen LogP contribution is -2.28. The van der Waals surface area contributed by atoms with Crippen LogP contribution in [0.15, 0.2) is 213 Å². The maximum Gasteiger partial charge on any atom is 0.0713 e. The van der Waals surface area contributed by atoms with Gasteiger partial charge in [-0.2, -0.15) is 0 Å². The predicted molar refractivity (Wildman–Crippen MR) is 239 cm³/mol. The van der Waals surface area contributed by atoms with Crippen molar-refractivity contribution < 1.29 is 0 Å². The van der Waals surface area contributed by atoms with Gasteiger partial charge >= 0.3 is 0 Å². The highest BCUT2D eigenvalue weighted by molar-refractivity contribution is 6.15. The van der Waals surface area contributed by atoms with E-state index >= 15 is 0 Å². The molecular formula is C55H39N. The molecule has 1 heteroatoms. The van der Waals surface area contributed by atoms with Crippen molar-refractivity contribution in [3.8, 4) is 27.9 Å². The molecule has 0 N–H and O–H groups in total. The number of aromatic nitrogens is 1. The molecule has 10 rings (SSSR count). The fourth-order valence-electron chi connectivity index (χ4n) is 9.31. The van der Waals surface area contributed by atoms with E-state index in [2.05, 4.69) is 218 Å². The highest BCUT2D eigenvalue weighted by atomic mass is 15.0. The molecule has 0 spiro atoms. The summed E-state index contributed by atoms with van der Waals surface area (Å²) in [5, 5.41) is 5.83. The molecule has 1 aromatic heterocycles. The summed E-state index contributed by atoms with van der Waals surface area (Å²) in [6.07, 6.45) is 3.95. The summed E-state index contributed by atoms with van der Waals surface area (Å²) in [6.45, 7) is 8.73. The van der Waals surface area contributed by atoms with Crippen LogP contribution in [0, 0.1) is 0 Å². The van der Waals surface area contributed by atoms with Crippen LogP contribution < -0.4 is 0 Å². The maximum absolute atomic E-state index is 4.39. The van der Waals surface area contributed by atoms with Crippen LogP contribution in [0.2, 0.25) is 0 Å². The van der Waals surface area contributed by atoms with Crippen molar-refractivity contribution in [3.05, 3.63) is 247 Å². The van der Waals surface area contributed by atoms with Crippen molar-refractivity contribution >= 4 is 44.6 Å². The Morgan fingerprint density at radius 1 is 0.393 bits per heavy atom. The number of hydrogen-bond acceptors (Lipinski definition) is 0. The summed E-state index contributed by atoms with van der Waals surface area (Å²) < 4.78 is 2.34. The Kier molecular flexibility index (Phi) is 8.08. The summed E-state index contributed by atoms with van der Waals surface area (Å²) in [5.74, 6) is 0. The number of para-hydroxylation sites is 1. The van der Waals surface area contributed by atoms with E-state index in [1.54, 1.807) is 0 Å². The van der Waals surface area contributed by atoms with Gasteiger partial charge in [0.2, 0.25) is 0 Å². The lowest BCUT2D eigenvalue weighted by molar-refractivity contribution is 0.769. The second kappa shape index (κ2) is 13.6. The summed E-state index contributed by atoms with van der Waals surface area (Å²) in [4.78, 5) is 0. The average molecular weight is 714 g/mol. The van der Waals surface area contributed by atoms with Crippen molar-refractivity contribution in [2.45, 2.75) is 5.41 Å². The van der Waals surface area contributed by atoms with Gasteiger partial charge in [0.15, 0.2) is 0 Å². The molecule has 0 saturated carbocycles. The first-order valence-corrected chi connectivity index (χ1v) is 19.3. The molecule has 0 atom stereocenters. The topological polar surface area (TPSA) is 4.93 Å². The second-order valence-electron chi connectivity index (χ2n) is 14.5. The monoisotopic (exact) mass is 713 g/mol. The third-order valence-corrected chi connectivity index (χ3v) is 11.7. The zero-order chi connectivity index (χ0) is 37.6. The Morgan fingerprint density at radius 3 is 1.54 bits per heavy atom. The molecule has 0 fully saturated rings. The van der Waals surface area contributed by atoms with Crippen molar-refractivity contribution in [1.82, 2.24) is 4.57 Å². The molecule has 1 heterocycles. The van der Waals surface area contributed by atoms with Crippen LogP contribution >= 0.6 is 0 Å². The number of rotatable bonds is 6. The van der Waals surface area contributed by atoms with Crippen LogP contribution in [0.1, 0.15) is 33.5 Å². The Balaban J connectivity index is 1.21. The molecule has 0 aliphatic heterocycles. The molecule has 0 amide bonds. The van der Waals surface area contributed by atoms with Crippen LogP contribution in [-0.2, 0) is 5.41 Å². The fraction of sp³-hybridized carbons (Fsp3) is 0.0182. The minimum atomic E-state index is -0.450. The quantitative estimate of drug-likeness (QED) is 0.162. The van der Waals surface area contributed by atoms with Crippen LogP contribution in [0.4, 0.5) is 0 Å². The lowest BCUT2D eigenvalue weighted by Gasteiger charge is -2.34. The van der Waals surface area contributed by atoms with E-state index in [1.807, 2.05) is 12.2 Å². The Hall–Kier alpha value is -7.22. The van der Waals surface area contributed by atoms with Gasteiger partial charge in [0.1, 0.15) is 0 Å². The van der Waals surface area contributed by atoms with Gasteiger partial charge in [0, 0.05) is 16.6 Å². The first-order chi connectivity index (χ1) is 27.7. The molecule has 0 unspecified atom stereocenters. The van der Waals surface area contributed by atoms with E-state index in [0.717, 1.165) is 38.8 Å². The van der Waals surface area contributed by atoms with E-state index < -0.39 is 5.41 Å². The van der Waals surface area contributed by atoms with Gasteiger partial charge in [-0.15, -0.1) is 0 Å². The number of fused-ring (bicyclic) bond motifs is 8. The molecular weight excluding hydrogens is 675 g/mol. The molecule has 1 aliphatic rings. The lowest BCUT2D eigenvalue weighted by atomic mass is 9.67. The van der Waals surface area contributed by atoms with Gasteiger partial charge in [-0.1, -0.05) is 195 Å².